The molecule has 0 atom stereocenters. The standard InChI is InChI=1S/C9H14N2S/c1-10-8-5-4-7(11(2)3)6-9(8)12/h4-6,10,12H,1-3H3. The zero-order valence-corrected chi connectivity index (χ0v) is 8.52. The highest BCUT2D eigenvalue weighted by atomic mass is 32.1. The van der Waals surface area contributed by atoms with Gasteiger partial charge >= 0.3 is 0 Å². The molecule has 0 heterocycles. The molecule has 0 unspecified atom stereocenters. The fourth-order valence-corrected chi connectivity index (χ4v) is 1.33. The molecule has 0 aliphatic carbocycles. The van der Waals surface area contributed by atoms with E-state index in [2.05, 4.69) is 28.9 Å². The quantitative estimate of drug-likeness (QED) is 0.681. The van der Waals surface area contributed by atoms with Gasteiger partial charge in [0.25, 0.3) is 0 Å². The van der Waals surface area contributed by atoms with Crippen LogP contribution in [-0.4, -0.2) is 21.1 Å². The Bertz CT molecular complexity index is 271. The van der Waals surface area contributed by atoms with Gasteiger partial charge in [0.1, 0.15) is 0 Å². The van der Waals surface area contributed by atoms with Gasteiger partial charge in [-0.25, -0.2) is 0 Å². The Hall–Kier alpha value is -0.830. The van der Waals surface area contributed by atoms with Crippen LogP contribution in [-0.2, 0) is 0 Å². The highest BCUT2D eigenvalue weighted by Gasteiger charge is 1.99. The van der Waals surface area contributed by atoms with Gasteiger partial charge in [-0.15, -0.1) is 12.6 Å². The van der Waals surface area contributed by atoms with E-state index in [1.54, 1.807) is 0 Å². The maximum atomic E-state index is 4.35. The van der Waals surface area contributed by atoms with E-state index in [-0.39, 0.29) is 0 Å². The molecule has 12 heavy (non-hydrogen) atoms. The summed E-state index contributed by atoms with van der Waals surface area (Å²) >= 11 is 4.35. The van der Waals surface area contributed by atoms with Gasteiger partial charge in [0.15, 0.2) is 0 Å². The number of thiol groups is 1. The van der Waals surface area contributed by atoms with E-state index in [0.717, 1.165) is 10.6 Å². The third-order valence-electron chi connectivity index (χ3n) is 1.77. The second-order valence-electron chi connectivity index (χ2n) is 2.85. The SMILES string of the molecule is CNc1ccc(N(C)C)cc1S. The fourth-order valence-electron chi connectivity index (χ4n) is 1.01. The van der Waals surface area contributed by atoms with Crippen molar-refractivity contribution in [2.45, 2.75) is 4.90 Å². The van der Waals surface area contributed by atoms with Crippen LogP contribution in [0.4, 0.5) is 11.4 Å². The molecule has 1 aromatic carbocycles. The summed E-state index contributed by atoms with van der Waals surface area (Å²) in [6.07, 6.45) is 0. The molecule has 0 amide bonds. The number of nitrogens with zero attached hydrogens (tertiary/aromatic N) is 1. The van der Waals surface area contributed by atoms with Gasteiger partial charge in [-0.3, -0.25) is 0 Å². The Morgan fingerprint density at radius 3 is 2.42 bits per heavy atom. The lowest BCUT2D eigenvalue weighted by Crippen LogP contribution is -2.08. The van der Waals surface area contributed by atoms with E-state index in [1.165, 1.54) is 5.69 Å². The van der Waals surface area contributed by atoms with E-state index in [1.807, 2.05) is 33.3 Å². The van der Waals surface area contributed by atoms with E-state index in [4.69, 9.17) is 0 Å². The molecule has 0 bridgehead atoms. The number of hydrogen-bond acceptors (Lipinski definition) is 3. The maximum absolute atomic E-state index is 4.35. The van der Waals surface area contributed by atoms with Gasteiger partial charge in [0, 0.05) is 37.4 Å². The van der Waals surface area contributed by atoms with Crippen molar-refractivity contribution in [3.05, 3.63) is 18.2 Å². The number of benzene rings is 1. The van der Waals surface area contributed by atoms with Gasteiger partial charge in [0.05, 0.1) is 0 Å². The molecule has 0 aromatic heterocycles. The van der Waals surface area contributed by atoms with Crippen LogP contribution in [0.3, 0.4) is 0 Å². The number of anilines is 2. The van der Waals surface area contributed by atoms with Gasteiger partial charge in [-0.1, -0.05) is 0 Å². The van der Waals surface area contributed by atoms with Crippen molar-refractivity contribution in [3.8, 4) is 0 Å². The smallest absolute Gasteiger partial charge is 0.0474 e. The maximum Gasteiger partial charge on any atom is 0.0474 e. The molecule has 1 aromatic rings. The van der Waals surface area contributed by atoms with Crippen LogP contribution in [0.5, 0.6) is 0 Å². The van der Waals surface area contributed by atoms with Crippen LogP contribution in [0.15, 0.2) is 23.1 Å². The van der Waals surface area contributed by atoms with E-state index in [9.17, 15) is 0 Å². The van der Waals surface area contributed by atoms with Gasteiger partial charge in [-0.2, -0.15) is 0 Å². The monoisotopic (exact) mass is 182 g/mol. The molecule has 0 saturated carbocycles. The van der Waals surface area contributed by atoms with Gasteiger partial charge in [-0.05, 0) is 18.2 Å². The molecule has 0 spiro atoms. The van der Waals surface area contributed by atoms with Crippen LogP contribution in [0.2, 0.25) is 0 Å². The van der Waals surface area contributed by atoms with Crippen molar-refractivity contribution in [2.75, 3.05) is 31.4 Å². The van der Waals surface area contributed by atoms with Crippen LogP contribution in [0.25, 0.3) is 0 Å². The third-order valence-corrected chi connectivity index (χ3v) is 2.14. The van der Waals surface area contributed by atoms with Crippen molar-refractivity contribution < 1.29 is 0 Å². The van der Waals surface area contributed by atoms with Gasteiger partial charge < -0.3 is 10.2 Å². The first-order chi connectivity index (χ1) is 5.65. The predicted molar refractivity (Wildman–Crippen MR) is 57.6 cm³/mol. The second kappa shape index (κ2) is 3.72. The molecule has 1 N–H and O–H groups in total. The highest BCUT2D eigenvalue weighted by Crippen LogP contribution is 2.24. The lowest BCUT2D eigenvalue weighted by molar-refractivity contribution is 1.12. The molecule has 0 aliphatic heterocycles. The molecule has 0 aliphatic rings. The lowest BCUT2D eigenvalue weighted by Gasteiger charge is -2.14. The summed E-state index contributed by atoms with van der Waals surface area (Å²) in [5.74, 6) is 0. The molecule has 1 rings (SSSR count). The Morgan fingerprint density at radius 1 is 1.33 bits per heavy atom. The summed E-state index contributed by atoms with van der Waals surface area (Å²) in [5.41, 5.74) is 2.22. The first-order valence-electron chi connectivity index (χ1n) is 3.83. The van der Waals surface area contributed by atoms with Crippen molar-refractivity contribution in [1.82, 2.24) is 0 Å². The fraction of sp³-hybridized carbons (Fsp3) is 0.333. The summed E-state index contributed by atoms with van der Waals surface area (Å²) < 4.78 is 0. The highest BCUT2D eigenvalue weighted by molar-refractivity contribution is 7.80. The van der Waals surface area contributed by atoms with Crippen LogP contribution in [0, 0.1) is 0 Å². The normalized spacial score (nSPS) is 9.67. The molecule has 3 heteroatoms. The average Bonchev–Trinajstić information content (AvgIpc) is 2.04. The lowest BCUT2D eigenvalue weighted by atomic mass is 10.2. The predicted octanol–water partition coefficient (Wildman–Crippen LogP) is 2.08. The zero-order chi connectivity index (χ0) is 9.14. The Labute approximate surface area is 79.0 Å². The van der Waals surface area contributed by atoms with Crippen LogP contribution >= 0.6 is 12.6 Å². The topological polar surface area (TPSA) is 15.3 Å². The van der Waals surface area contributed by atoms with Crippen molar-refractivity contribution in [3.63, 3.8) is 0 Å². The van der Waals surface area contributed by atoms with Gasteiger partial charge in [0.2, 0.25) is 0 Å². The molecule has 0 radical (unpaired) electrons. The molecule has 0 saturated heterocycles. The van der Waals surface area contributed by atoms with Crippen molar-refractivity contribution >= 4 is 24.0 Å². The number of hydrogen-bond donors (Lipinski definition) is 2. The van der Waals surface area contributed by atoms with E-state index >= 15 is 0 Å². The third kappa shape index (κ3) is 1.85. The number of rotatable bonds is 2. The van der Waals surface area contributed by atoms with Crippen LogP contribution < -0.4 is 10.2 Å². The minimum absolute atomic E-state index is 0.976. The largest absolute Gasteiger partial charge is 0.387 e. The summed E-state index contributed by atoms with van der Waals surface area (Å²) in [7, 11) is 5.92. The average molecular weight is 182 g/mol. The molecular formula is C9H14N2S. The molecular weight excluding hydrogens is 168 g/mol. The first kappa shape index (κ1) is 9.26. The second-order valence-corrected chi connectivity index (χ2v) is 3.33. The number of nitrogens with one attached hydrogen (secondary N) is 1. The first-order valence-corrected chi connectivity index (χ1v) is 4.28. The minimum Gasteiger partial charge on any atom is -0.387 e. The van der Waals surface area contributed by atoms with E-state index < -0.39 is 0 Å². The summed E-state index contributed by atoms with van der Waals surface area (Å²) in [6.45, 7) is 0. The molecule has 2 nitrogen and oxygen atoms in total. The molecule has 0 fully saturated rings. The van der Waals surface area contributed by atoms with E-state index in [0.29, 0.717) is 0 Å². The zero-order valence-electron chi connectivity index (χ0n) is 7.63. The summed E-state index contributed by atoms with van der Waals surface area (Å²) in [5, 5.41) is 3.07. The van der Waals surface area contributed by atoms with Crippen molar-refractivity contribution in [2.24, 2.45) is 0 Å². The minimum atomic E-state index is 0.976. The molecule has 66 valence electrons. The van der Waals surface area contributed by atoms with Crippen molar-refractivity contribution in [1.29, 1.82) is 0 Å². The Kier molecular flexibility index (Phi) is 2.87. The summed E-state index contributed by atoms with van der Waals surface area (Å²) in [4.78, 5) is 3.03. The Morgan fingerprint density at radius 2 is 2.00 bits per heavy atom. The Balaban J connectivity index is 3.02. The van der Waals surface area contributed by atoms with Crippen LogP contribution in [0.1, 0.15) is 0 Å². The summed E-state index contributed by atoms with van der Waals surface area (Å²) in [6, 6.07) is 6.12.